The van der Waals surface area contributed by atoms with Crippen LogP contribution in [-0.4, -0.2) is 37.0 Å². The van der Waals surface area contributed by atoms with E-state index in [4.69, 9.17) is 11.6 Å². The Balaban J connectivity index is 1.75. The smallest absolute Gasteiger partial charge is 0.230 e. The van der Waals surface area contributed by atoms with Crippen molar-refractivity contribution in [2.75, 3.05) is 20.1 Å². The van der Waals surface area contributed by atoms with Gasteiger partial charge >= 0.3 is 0 Å². The van der Waals surface area contributed by atoms with E-state index < -0.39 is 0 Å². The Morgan fingerprint density at radius 3 is 2.36 bits per heavy atom. The summed E-state index contributed by atoms with van der Waals surface area (Å²) in [7, 11) is 2.14. The first-order chi connectivity index (χ1) is 10.6. The molecule has 1 aromatic carbocycles. The van der Waals surface area contributed by atoms with Crippen LogP contribution < -0.4 is 5.32 Å². The number of hydrogen-bond acceptors (Lipinski definition) is 2. The van der Waals surface area contributed by atoms with Crippen LogP contribution in [0, 0.1) is 0 Å². The van der Waals surface area contributed by atoms with E-state index in [2.05, 4.69) is 17.3 Å². The zero-order chi connectivity index (χ0) is 15.6. The van der Waals surface area contributed by atoms with Crippen molar-refractivity contribution in [3.8, 4) is 0 Å². The Hall–Kier alpha value is -1.06. The molecule has 4 heteroatoms. The van der Waals surface area contributed by atoms with Gasteiger partial charge in [-0.3, -0.25) is 4.79 Å². The maximum absolute atomic E-state index is 13.0. The SMILES string of the molecule is CN1CCC(NC(=O)C2(c3ccc(Cl)cc3)CCCC2)CC1. The summed E-state index contributed by atoms with van der Waals surface area (Å²) >= 11 is 6.01. The number of carbonyl (C=O) groups excluding carboxylic acids is 1. The Kier molecular flexibility index (Phi) is 4.74. The van der Waals surface area contributed by atoms with Gasteiger partial charge in [0.25, 0.3) is 0 Å². The maximum atomic E-state index is 13.0. The summed E-state index contributed by atoms with van der Waals surface area (Å²) in [4.78, 5) is 15.4. The van der Waals surface area contributed by atoms with Crippen molar-refractivity contribution in [2.24, 2.45) is 0 Å². The number of piperidine rings is 1. The van der Waals surface area contributed by atoms with E-state index in [1.807, 2.05) is 24.3 Å². The maximum Gasteiger partial charge on any atom is 0.230 e. The van der Waals surface area contributed by atoms with E-state index in [0.29, 0.717) is 6.04 Å². The average molecular weight is 321 g/mol. The van der Waals surface area contributed by atoms with Crippen molar-refractivity contribution >= 4 is 17.5 Å². The van der Waals surface area contributed by atoms with Gasteiger partial charge in [-0.05, 0) is 63.5 Å². The Morgan fingerprint density at radius 2 is 1.77 bits per heavy atom. The van der Waals surface area contributed by atoms with E-state index in [9.17, 15) is 4.79 Å². The molecule has 3 rings (SSSR count). The summed E-state index contributed by atoms with van der Waals surface area (Å²) in [6.45, 7) is 2.14. The van der Waals surface area contributed by atoms with Crippen LogP contribution in [0.5, 0.6) is 0 Å². The second-order valence-corrected chi connectivity index (χ2v) is 7.28. The van der Waals surface area contributed by atoms with Gasteiger partial charge in [0, 0.05) is 11.1 Å². The van der Waals surface area contributed by atoms with Gasteiger partial charge in [-0.2, -0.15) is 0 Å². The van der Waals surface area contributed by atoms with Crippen LogP contribution in [0.25, 0.3) is 0 Å². The van der Waals surface area contributed by atoms with Gasteiger partial charge in [0.1, 0.15) is 0 Å². The number of carbonyl (C=O) groups is 1. The van der Waals surface area contributed by atoms with Crippen molar-refractivity contribution in [1.29, 1.82) is 0 Å². The van der Waals surface area contributed by atoms with Gasteiger partial charge in [-0.1, -0.05) is 36.6 Å². The molecule has 1 aliphatic carbocycles. The Labute approximate surface area is 138 Å². The number of hydrogen-bond donors (Lipinski definition) is 1. The normalized spacial score (nSPS) is 22.6. The molecule has 1 saturated carbocycles. The number of nitrogens with one attached hydrogen (secondary N) is 1. The number of amides is 1. The van der Waals surface area contributed by atoms with Gasteiger partial charge < -0.3 is 10.2 Å². The summed E-state index contributed by atoms with van der Waals surface area (Å²) in [5.41, 5.74) is 0.785. The molecule has 1 amide bonds. The number of nitrogens with zero attached hydrogens (tertiary/aromatic N) is 1. The molecule has 1 aromatic rings. The lowest BCUT2D eigenvalue weighted by Crippen LogP contribution is -2.50. The molecule has 1 saturated heterocycles. The van der Waals surface area contributed by atoms with E-state index in [1.165, 1.54) is 0 Å². The summed E-state index contributed by atoms with van der Waals surface area (Å²) in [5, 5.41) is 4.07. The number of likely N-dealkylation sites (tertiary alicyclic amines) is 1. The lowest BCUT2D eigenvalue weighted by molar-refractivity contribution is -0.127. The third-order valence-corrected chi connectivity index (χ3v) is 5.59. The predicted molar refractivity (Wildman–Crippen MR) is 90.3 cm³/mol. The lowest BCUT2D eigenvalue weighted by Gasteiger charge is -2.34. The van der Waals surface area contributed by atoms with Crippen LogP contribution >= 0.6 is 11.6 Å². The van der Waals surface area contributed by atoms with Crippen LogP contribution in [-0.2, 0) is 10.2 Å². The highest BCUT2D eigenvalue weighted by Crippen LogP contribution is 2.41. The van der Waals surface area contributed by atoms with Gasteiger partial charge in [0.05, 0.1) is 5.41 Å². The first kappa shape index (κ1) is 15.8. The highest BCUT2D eigenvalue weighted by atomic mass is 35.5. The van der Waals surface area contributed by atoms with Gasteiger partial charge in [-0.15, -0.1) is 0 Å². The van der Waals surface area contributed by atoms with Crippen LogP contribution in [0.3, 0.4) is 0 Å². The summed E-state index contributed by atoms with van der Waals surface area (Å²) in [6.07, 6.45) is 6.27. The van der Waals surface area contributed by atoms with E-state index in [1.54, 1.807) is 0 Å². The van der Waals surface area contributed by atoms with Crippen LogP contribution in [0.4, 0.5) is 0 Å². The number of benzene rings is 1. The quantitative estimate of drug-likeness (QED) is 0.926. The zero-order valence-electron chi connectivity index (χ0n) is 13.3. The highest BCUT2D eigenvalue weighted by Gasteiger charge is 2.43. The fourth-order valence-corrected chi connectivity index (χ4v) is 4.00. The van der Waals surface area contributed by atoms with Crippen molar-refractivity contribution in [3.63, 3.8) is 0 Å². The largest absolute Gasteiger partial charge is 0.353 e. The number of rotatable bonds is 3. The van der Waals surface area contributed by atoms with Crippen molar-refractivity contribution in [1.82, 2.24) is 10.2 Å². The fourth-order valence-electron chi connectivity index (χ4n) is 3.87. The zero-order valence-corrected chi connectivity index (χ0v) is 14.0. The first-order valence-corrected chi connectivity index (χ1v) is 8.73. The molecule has 0 spiro atoms. The third-order valence-electron chi connectivity index (χ3n) is 5.34. The molecule has 0 bridgehead atoms. The first-order valence-electron chi connectivity index (χ1n) is 8.36. The van der Waals surface area contributed by atoms with Crippen LogP contribution in [0.1, 0.15) is 44.1 Å². The standard InChI is InChI=1S/C18H25ClN2O/c1-21-12-8-16(9-13-21)20-17(22)18(10-2-3-11-18)14-4-6-15(19)7-5-14/h4-7,16H,2-3,8-13H2,1H3,(H,20,22). The molecule has 2 aliphatic rings. The minimum absolute atomic E-state index is 0.224. The van der Waals surface area contributed by atoms with Crippen molar-refractivity contribution in [2.45, 2.75) is 50.0 Å². The second-order valence-electron chi connectivity index (χ2n) is 6.85. The van der Waals surface area contributed by atoms with Crippen molar-refractivity contribution in [3.05, 3.63) is 34.9 Å². The fraction of sp³-hybridized carbons (Fsp3) is 0.611. The monoisotopic (exact) mass is 320 g/mol. The molecule has 1 N–H and O–H groups in total. The van der Waals surface area contributed by atoms with E-state index >= 15 is 0 Å². The molecule has 0 atom stereocenters. The molecule has 1 heterocycles. The topological polar surface area (TPSA) is 32.3 Å². The molecule has 0 aromatic heterocycles. The summed E-state index contributed by atoms with van der Waals surface area (Å²) < 4.78 is 0. The minimum atomic E-state index is -0.339. The Morgan fingerprint density at radius 1 is 1.18 bits per heavy atom. The van der Waals surface area contributed by atoms with Crippen molar-refractivity contribution < 1.29 is 4.79 Å². The van der Waals surface area contributed by atoms with Gasteiger partial charge in [-0.25, -0.2) is 0 Å². The molecule has 0 radical (unpaired) electrons. The predicted octanol–water partition coefficient (Wildman–Crippen LogP) is 3.36. The molecular weight excluding hydrogens is 296 g/mol. The number of halogens is 1. The molecule has 22 heavy (non-hydrogen) atoms. The van der Waals surface area contributed by atoms with Crippen LogP contribution in [0.2, 0.25) is 5.02 Å². The molecule has 0 unspecified atom stereocenters. The average Bonchev–Trinajstić information content (AvgIpc) is 3.01. The van der Waals surface area contributed by atoms with Gasteiger partial charge in [0.2, 0.25) is 5.91 Å². The molecule has 2 fully saturated rings. The Bertz CT molecular complexity index is 514. The van der Waals surface area contributed by atoms with E-state index in [0.717, 1.165) is 62.2 Å². The lowest BCUT2D eigenvalue weighted by atomic mass is 9.77. The molecule has 3 nitrogen and oxygen atoms in total. The third kappa shape index (κ3) is 3.16. The second kappa shape index (κ2) is 6.59. The minimum Gasteiger partial charge on any atom is -0.353 e. The molecule has 120 valence electrons. The summed E-state index contributed by atoms with van der Waals surface area (Å²) in [5.74, 6) is 0.224. The van der Waals surface area contributed by atoms with Gasteiger partial charge in [0.15, 0.2) is 0 Å². The highest BCUT2D eigenvalue weighted by molar-refractivity contribution is 6.30. The van der Waals surface area contributed by atoms with E-state index in [-0.39, 0.29) is 11.3 Å². The molecule has 1 aliphatic heterocycles. The molecular formula is C18H25ClN2O. The van der Waals surface area contributed by atoms with Crippen LogP contribution in [0.15, 0.2) is 24.3 Å². The summed E-state index contributed by atoms with van der Waals surface area (Å²) in [6, 6.07) is 8.19.